The second kappa shape index (κ2) is 10.1. The van der Waals surface area contributed by atoms with Gasteiger partial charge in [-0.05, 0) is 30.3 Å². The van der Waals surface area contributed by atoms with Gasteiger partial charge < -0.3 is 14.0 Å². The third-order valence-electron chi connectivity index (χ3n) is 7.46. The minimum Gasteiger partial charge on any atom is -0.497 e. The number of benzene rings is 3. The van der Waals surface area contributed by atoms with Gasteiger partial charge in [0.2, 0.25) is 0 Å². The molecule has 0 N–H and O–H groups in total. The monoisotopic (exact) mass is 556 g/mol. The van der Waals surface area contributed by atoms with Gasteiger partial charge in [0.15, 0.2) is 0 Å². The van der Waals surface area contributed by atoms with Crippen LogP contribution < -0.4 is 15.2 Å². The summed E-state index contributed by atoms with van der Waals surface area (Å²) in [7, 11) is 0.792. The molecule has 1 saturated heterocycles. The number of likely N-dealkylation sites (tertiary alicyclic amines) is 1. The zero-order valence-electron chi connectivity index (χ0n) is 21.6. The summed E-state index contributed by atoms with van der Waals surface area (Å²) in [6.07, 6.45) is 1.47. The predicted molar refractivity (Wildman–Crippen MR) is 148 cm³/mol. The highest BCUT2D eigenvalue weighted by atomic mass is 35.5. The maximum atomic E-state index is 13.9. The summed E-state index contributed by atoms with van der Waals surface area (Å²) in [5.74, 6) is 0.541. The standard InChI is InChI=1S/C28H31ClN3O5S/c1-32(19-20-7-5-4-6-8-20)15-13-22(14-16-32)30-25-17-21(29)9-11-24(25)31(28(30)33)38(34,35)27-12-10-23(36-2)18-26(27)37-3/h4-12,17-18,22H,13-16,19H2,1-3H3/q+1. The number of halogens is 1. The third kappa shape index (κ3) is 4.70. The van der Waals surface area contributed by atoms with Gasteiger partial charge in [0.25, 0.3) is 10.0 Å². The highest BCUT2D eigenvalue weighted by Crippen LogP contribution is 2.34. The normalized spacial score (nSPS) is 19.9. The number of quaternary nitrogens is 1. The Morgan fingerprint density at radius 1 is 0.947 bits per heavy atom. The van der Waals surface area contributed by atoms with Crippen molar-refractivity contribution in [2.24, 2.45) is 0 Å². The molecule has 10 heteroatoms. The Hall–Kier alpha value is -3.27. The number of nitrogens with zero attached hydrogens (tertiary/aromatic N) is 3. The van der Waals surface area contributed by atoms with Crippen molar-refractivity contribution < 1.29 is 22.4 Å². The molecule has 1 fully saturated rings. The maximum absolute atomic E-state index is 13.9. The Kier molecular flexibility index (Phi) is 7.02. The number of rotatable bonds is 7. The molecule has 1 aliphatic rings. The van der Waals surface area contributed by atoms with Crippen molar-refractivity contribution in [3.8, 4) is 11.5 Å². The van der Waals surface area contributed by atoms with E-state index in [0.717, 1.165) is 40.9 Å². The minimum absolute atomic E-state index is 0.0951. The first-order chi connectivity index (χ1) is 18.2. The van der Waals surface area contributed by atoms with Crippen LogP contribution >= 0.6 is 11.6 Å². The van der Waals surface area contributed by atoms with Crippen LogP contribution in [0.1, 0.15) is 24.4 Å². The lowest BCUT2D eigenvalue weighted by Gasteiger charge is -2.41. The van der Waals surface area contributed by atoms with E-state index in [1.807, 2.05) is 18.2 Å². The van der Waals surface area contributed by atoms with Gasteiger partial charge in [-0.25, -0.2) is 13.2 Å². The van der Waals surface area contributed by atoms with Gasteiger partial charge in [0.1, 0.15) is 22.9 Å². The third-order valence-corrected chi connectivity index (χ3v) is 9.42. The summed E-state index contributed by atoms with van der Waals surface area (Å²) in [5.41, 5.74) is 1.45. The molecule has 0 saturated carbocycles. The van der Waals surface area contributed by atoms with E-state index in [4.69, 9.17) is 21.1 Å². The molecule has 0 bridgehead atoms. The SMILES string of the molecule is COc1ccc(S(=O)(=O)n2c(=O)n(C3CC[N+](C)(Cc4ccccc4)CC3)c3cc(Cl)ccc32)c(OC)c1. The van der Waals surface area contributed by atoms with Crippen LogP contribution in [-0.4, -0.2) is 55.8 Å². The van der Waals surface area contributed by atoms with Crippen molar-refractivity contribution in [2.45, 2.75) is 30.3 Å². The van der Waals surface area contributed by atoms with Crippen LogP contribution in [0.5, 0.6) is 11.5 Å². The van der Waals surface area contributed by atoms with E-state index in [2.05, 4.69) is 19.2 Å². The predicted octanol–water partition coefficient (Wildman–Crippen LogP) is 4.69. The van der Waals surface area contributed by atoms with Crippen LogP contribution in [-0.2, 0) is 16.6 Å². The molecule has 0 amide bonds. The lowest BCUT2D eigenvalue weighted by atomic mass is 10.0. The summed E-state index contributed by atoms with van der Waals surface area (Å²) >= 11 is 6.33. The summed E-state index contributed by atoms with van der Waals surface area (Å²) in [5, 5.41) is 0.434. The number of hydrogen-bond donors (Lipinski definition) is 0. The molecule has 1 aromatic heterocycles. The Morgan fingerprint density at radius 2 is 1.66 bits per heavy atom. The zero-order valence-corrected chi connectivity index (χ0v) is 23.2. The summed E-state index contributed by atoms with van der Waals surface area (Å²) in [6.45, 7) is 2.62. The number of imidazole rings is 1. The van der Waals surface area contributed by atoms with Gasteiger partial charge in [0.05, 0.1) is 45.4 Å². The van der Waals surface area contributed by atoms with Crippen molar-refractivity contribution in [3.05, 3.63) is 87.8 Å². The van der Waals surface area contributed by atoms with Crippen LogP contribution in [0.25, 0.3) is 11.0 Å². The molecule has 3 aromatic carbocycles. The van der Waals surface area contributed by atoms with E-state index >= 15 is 0 Å². The Bertz CT molecular complexity index is 1640. The summed E-state index contributed by atoms with van der Waals surface area (Å²) in [4.78, 5) is 13.8. The van der Waals surface area contributed by atoms with Crippen molar-refractivity contribution in [2.75, 3.05) is 34.4 Å². The average Bonchev–Trinajstić information content (AvgIpc) is 3.20. The van der Waals surface area contributed by atoms with Crippen LogP contribution in [0.3, 0.4) is 0 Å². The fourth-order valence-electron chi connectivity index (χ4n) is 5.45. The average molecular weight is 557 g/mol. The van der Waals surface area contributed by atoms with Gasteiger partial charge in [-0.3, -0.25) is 4.57 Å². The molecule has 200 valence electrons. The molecule has 2 heterocycles. The van der Waals surface area contributed by atoms with Gasteiger partial charge >= 0.3 is 5.69 Å². The molecule has 0 unspecified atom stereocenters. The lowest BCUT2D eigenvalue weighted by molar-refractivity contribution is -0.927. The van der Waals surface area contributed by atoms with Gasteiger partial charge in [-0.15, -0.1) is 0 Å². The number of aromatic nitrogens is 2. The van der Waals surface area contributed by atoms with Gasteiger partial charge in [0, 0.05) is 35.5 Å². The second-order valence-corrected chi connectivity index (χ2v) is 12.2. The largest absolute Gasteiger partial charge is 0.497 e. The van der Waals surface area contributed by atoms with E-state index < -0.39 is 15.7 Å². The topological polar surface area (TPSA) is 79.5 Å². The van der Waals surface area contributed by atoms with Crippen molar-refractivity contribution in [1.82, 2.24) is 8.54 Å². The molecule has 8 nitrogen and oxygen atoms in total. The molecular weight excluding hydrogens is 526 g/mol. The second-order valence-electron chi connectivity index (χ2n) is 10.0. The molecule has 0 spiro atoms. The van der Waals surface area contributed by atoms with E-state index in [-0.39, 0.29) is 22.2 Å². The highest BCUT2D eigenvalue weighted by Gasteiger charge is 2.35. The lowest BCUT2D eigenvalue weighted by Crippen LogP contribution is -2.50. The summed E-state index contributed by atoms with van der Waals surface area (Å²) in [6, 6.07) is 19.5. The molecular formula is C28H31ClN3O5S+. The van der Waals surface area contributed by atoms with Crippen LogP contribution in [0, 0.1) is 0 Å². The van der Waals surface area contributed by atoms with E-state index in [1.54, 1.807) is 22.8 Å². The van der Waals surface area contributed by atoms with Gasteiger partial charge in [-0.1, -0.05) is 41.9 Å². The molecule has 4 aromatic rings. The van der Waals surface area contributed by atoms with E-state index in [9.17, 15) is 13.2 Å². The Labute approximate surface area is 227 Å². The molecule has 1 aliphatic heterocycles. The van der Waals surface area contributed by atoms with Gasteiger partial charge in [-0.2, -0.15) is 3.97 Å². The van der Waals surface area contributed by atoms with Crippen molar-refractivity contribution in [1.29, 1.82) is 0 Å². The highest BCUT2D eigenvalue weighted by molar-refractivity contribution is 7.90. The molecule has 5 rings (SSSR count). The molecule has 0 radical (unpaired) electrons. The van der Waals surface area contributed by atoms with Crippen LogP contribution in [0.15, 0.2) is 76.4 Å². The smallest absolute Gasteiger partial charge is 0.343 e. The molecule has 38 heavy (non-hydrogen) atoms. The number of piperidine rings is 1. The molecule has 0 aliphatic carbocycles. The quantitative estimate of drug-likeness (QED) is 0.309. The maximum Gasteiger partial charge on any atom is 0.343 e. The molecule has 0 atom stereocenters. The van der Waals surface area contributed by atoms with Crippen LogP contribution in [0.4, 0.5) is 0 Å². The van der Waals surface area contributed by atoms with E-state index in [1.165, 1.54) is 38.0 Å². The Morgan fingerprint density at radius 3 is 2.32 bits per heavy atom. The Balaban J connectivity index is 1.56. The van der Waals surface area contributed by atoms with Crippen LogP contribution in [0.2, 0.25) is 5.02 Å². The minimum atomic E-state index is -4.30. The number of methoxy groups -OCH3 is 2. The number of fused-ring (bicyclic) bond motifs is 1. The first kappa shape index (κ1) is 26.3. The first-order valence-corrected chi connectivity index (χ1v) is 14.3. The van der Waals surface area contributed by atoms with Crippen molar-refractivity contribution in [3.63, 3.8) is 0 Å². The first-order valence-electron chi connectivity index (χ1n) is 12.4. The number of hydrogen-bond acceptors (Lipinski definition) is 5. The number of ether oxygens (including phenoxy) is 2. The van der Waals surface area contributed by atoms with Crippen molar-refractivity contribution >= 4 is 32.7 Å². The fraction of sp³-hybridized carbons (Fsp3) is 0.321. The van der Waals surface area contributed by atoms with E-state index in [0.29, 0.717) is 16.3 Å². The summed E-state index contributed by atoms with van der Waals surface area (Å²) < 4.78 is 41.8. The zero-order chi connectivity index (χ0) is 27.1. The fourth-order valence-corrected chi connectivity index (χ4v) is 7.16.